The van der Waals surface area contributed by atoms with Crippen LogP contribution in [0.1, 0.15) is 44.9 Å². The predicted octanol–water partition coefficient (Wildman–Crippen LogP) is 3.02. The van der Waals surface area contributed by atoms with Crippen molar-refractivity contribution in [3.8, 4) is 0 Å². The van der Waals surface area contributed by atoms with Gasteiger partial charge in [0, 0.05) is 36.2 Å². The maximum atomic E-state index is 4.56. The summed E-state index contributed by atoms with van der Waals surface area (Å²) in [5.74, 6) is 0. The summed E-state index contributed by atoms with van der Waals surface area (Å²) in [4.78, 5) is 8.31. The molecule has 1 heterocycles. The van der Waals surface area contributed by atoms with Gasteiger partial charge in [-0.05, 0) is 33.1 Å². The summed E-state index contributed by atoms with van der Waals surface area (Å²) in [5.41, 5.74) is 0. The SMILES string of the molecule is CCC(C)N(CC)c1ncc(CNC2CC2)s1. The minimum Gasteiger partial charge on any atom is -0.346 e. The molecule has 2 rings (SSSR count). The first-order valence-corrected chi connectivity index (χ1v) is 7.51. The predicted molar refractivity (Wildman–Crippen MR) is 74.7 cm³/mol. The Morgan fingerprint density at radius 3 is 2.88 bits per heavy atom. The van der Waals surface area contributed by atoms with Crippen LogP contribution in [0.3, 0.4) is 0 Å². The molecule has 1 aliphatic rings. The van der Waals surface area contributed by atoms with Crippen molar-refractivity contribution in [3.63, 3.8) is 0 Å². The molecule has 0 amide bonds. The minimum absolute atomic E-state index is 0.579. The fourth-order valence-electron chi connectivity index (χ4n) is 1.90. The summed E-state index contributed by atoms with van der Waals surface area (Å²) in [6.45, 7) is 8.73. The van der Waals surface area contributed by atoms with E-state index in [1.165, 1.54) is 29.3 Å². The fourth-order valence-corrected chi connectivity index (χ4v) is 2.93. The van der Waals surface area contributed by atoms with Crippen LogP contribution in [-0.2, 0) is 6.54 Å². The van der Waals surface area contributed by atoms with Crippen LogP contribution in [0.4, 0.5) is 5.13 Å². The van der Waals surface area contributed by atoms with Gasteiger partial charge in [0.15, 0.2) is 5.13 Å². The molecule has 1 saturated carbocycles. The fraction of sp³-hybridized carbons (Fsp3) is 0.769. The average Bonchev–Trinajstić information content (AvgIpc) is 3.07. The lowest BCUT2D eigenvalue weighted by molar-refractivity contribution is 0.628. The third-order valence-electron chi connectivity index (χ3n) is 3.39. The van der Waals surface area contributed by atoms with E-state index in [1.54, 1.807) is 0 Å². The topological polar surface area (TPSA) is 28.2 Å². The molecule has 0 bridgehead atoms. The second kappa shape index (κ2) is 5.83. The Hall–Kier alpha value is -0.610. The van der Waals surface area contributed by atoms with E-state index in [9.17, 15) is 0 Å². The summed E-state index contributed by atoms with van der Waals surface area (Å²) >= 11 is 1.83. The maximum absolute atomic E-state index is 4.56. The van der Waals surface area contributed by atoms with E-state index in [1.807, 2.05) is 17.5 Å². The average molecular weight is 253 g/mol. The van der Waals surface area contributed by atoms with E-state index < -0.39 is 0 Å². The number of rotatable bonds is 7. The zero-order valence-electron chi connectivity index (χ0n) is 11.1. The van der Waals surface area contributed by atoms with E-state index in [2.05, 4.69) is 36.0 Å². The highest BCUT2D eigenvalue weighted by Gasteiger charge is 2.21. The quantitative estimate of drug-likeness (QED) is 0.809. The maximum Gasteiger partial charge on any atom is 0.185 e. The van der Waals surface area contributed by atoms with Crippen molar-refractivity contribution in [1.29, 1.82) is 0 Å². The molecule has 0 spiro atoms. The number of hydrogen-bond acceptors (Lipinski definition) is 4. The van der Waals surface area contributed by atoms with Crippen LogP contribution in [0.2, 0.25) is 0 Å². The summed E-state index contributed by atoms with van der Waals surface area (Å²) in [7, 11) is 0. The lowest BCUT2D eigenvalue weighted by Crippen LogP contribution is -2.32. The molecule has 3 nitrogen and oxygen atoms in total. The van der Waals surface area contributed by atoms with Crippen molar-refractivity contribution in [2.24, 2.45) is 0 Å². The normalized spacial score (nSPS) is 17.1. The summed E-state index contributed by atoms with van der Waals surface area (Å²) in [6.07, 6.45) is 5.89. The monoisotopic (exact) mass is 253 g/mol. The van der Waals surface area contributed by atoms with Crippen molar-refractivity contribution >= 4 is 16.5 Å². The number of anilines is 1. The Balaban J connectivity index is 1.94. The van der Waals surface area contributed by atoms with Crippen molar-refractivity contribution < 1.29 is 0 Å². The number of hydrogen-bond donors (Lipinski definition) is 1. The second-order valence-corrected chi connectivity index (χ2v) is 5.90. The van der Waals surface area contributed by atoms with Gasteiger partial charge < -0.3 is 10.2 Å². The van der Waals surface area contributed by atoms with Gasteiger partial charge in [-0.1, -0.05) is 6.92 Å². The van der Waals surface area contributed by atoms with Gasteiger partial charge in [-0.15, -0.1) is 11.3 Å². The van der Waals surface area contributed by atoms with E-state index in [4.69, 9.17) is 0 Å². The molecule has 0 saturated heterocycles. The molecule has 96 valence electrons. The molecule has 17 heavy (non-hydrogen) atoms. The van der Waals surface area contributed by atoms with E-state index in [0.717, 1.165) is 19.1 Å². The molecule has 0 aromatic carbocycles. The molecule has 1 fully saturated rings. The van der Waals surface area contributed by atoms with Gasteiger partial charge in [-0.25, -0.2) is 4.98 Å². The largest absolute Gasteiger partial charge is 0.346 e. The van der Waals surface area contributed by atoms with Crippen LogP contribution in [0.15, 0.2) is 6.20 Å². The third kappa shape index (κ3) is 3.42. The van der Waals surface area contributed by atoms with Gasteiger partial charge in [0.05, 0.1) is 0 Å². The lowest BCUT2D eigenvalue weighted by Gasteiger charge is -2.26. The van der Waals surface area contributed by atoms with Gasteiger partial charge in [0.2, 0.25) is 0 Å². The highest BCUT2D eigenvalue weighted by atomic mass is 32.1. The van der Waals surface area contributed by atoms with Gasteiger partial charge in [0.1, 0.15) is 0 Å². The van der Waals surface area contributed by atoms with Crippen molar-refractivity contribution in [1.82, 2.24) is 10.3 Å². The van der Waals surface area contributed by atoms with Crippen LogP contribution < -0.4 is 10.2 Å². The van der Waals surface area contributed by atoms with E-state index in [-0.39, 0.29) is 0 Å². The first-order valence-electron chi connectivity index (χ1n) is 6.69. The molecule has 4 heteroatoms. The van der Waals surface area contributed by atoms with Gasteiger partial charge >= 0.3 is 0 Å². The number of aromatic nitrogens is 1. The molecule has 1 aromatic heterocycles. The standard InChI is InChI=1S/C13H23N3S/c1-4-10(3)16(5-2)13-15-9-12(17-13)8-14-11-6-7-11/h9-11,14H,4-8H2,1-3H3. The summed E-state index contributed by atoms with van der Waals surface area (Å²) in [6, 6.07) is 1.35. The lowest BCUT2D eigenvalue weighted by atomic mass is 10.2. The van der Waals surface area contributed by atoms with Crippen LogP contribution in [-0.4, -0.2) is 23.6 Å². The molecule has 1 aliphatic carbocycles. The van der Waals surface area contributed by atoms with Crippen LogP contribution in [0.5, 0.6) is 0 Å². The minimum atomic E-state index is 0.579. The Bertz CT molecular complexity index is 346. The molecule has 1 N–H and O–H groups in total. The highest BCUT2D eigenvalue weighted by Crippen LogP contribution is 2.26. The van der Waals surface area contributed by atoms with Crippen molar-refractivity contribution in [2.45, 2.75) is 58.7 Å². The second-order valence-electron chi connectivity index (χ2n) is 4.81. The first kappa shape index (κ1) is 12.8. The molecule has 1 unspecified atom stereocenters. The number of nitrogens with zero attached hydrogens (tertiary/aromatic N) is 2. The van der Waals surface area contributed by atoms with Gasteiger partial charge in [-0.3, -0.25) is 0 Å². The van der Waals surface area contributed by atoms with Crippen molar-refractivity contribution in [2.75, 3.05) is 11.4 Å². The zero-order valence-corrected chi connectivity index (χ0v) is 11.9. The molecular formula is C13H23N3S. The Labute approximate surface area is 108 Å². The highest BCUT2D eigenvalue weighted by molar-refractivity contribution is 7.15. The van der Waals surface area contributed by atoms with Gasteiger partial charge in [-0.2, -0.15) is 0 Å². The Morgan fingerprint density at radius 1 is 1.53 bits per heavy atom. The van der Waals surface area contributed by atoms with Crippen LogP contribution in [0, 0.1) is 0 Å². The molecular weight excluding hydrogens is 230 g/mol. The Kier molecular flexibility index (Phi) is 4.40. The van der Waals surface area contributed by atoms with E-state index >= 15 is 0 Å². The third-order valence-corrected chi connectivity index (χ3v) is 4.43. The molecule has 1 atom stereocenters. The molecule has 1 aromatic rings. The first-order chi connectivity index (χ1) is 8.24. The summed E-state index contributed by atoms with van der Waals surface area (Å²) < 4.78 is 0. The van der Waals surface area contributed by atoms with Crippen LogP contribution in [0.25, 0.3) is 0 Å². The summed E-state index contributed by atoms with van der Waals surface area (Å²) in [5, 5.41) is 4.71. The number of thiazole rings is 1. The molecule has 0 radical (unpaired) electrons. The Morgan fingerprint density at radius 2 is 2.29 bits per heavy atom. The smallest absolute Gasteiger partial charge is 0.185 e. The number of nitrogens with one attached hydrogen (secondary N) is 1. The van der Waals surface area contributed by atoms with Gasteiger partial charge in [0.25, 0.3) is 0 Å². The molecule has 0 aliphatic heterocycles. The zero-order chi connectivity index (χ0) is 12.3. The van der Waals surface area contributed by atoms with Crippen LogP contribution >= 0.6 is 11.3 Å². The van der Waals surface area contributed by atoms with E-state index in [0.29, 0.717) is 6.04 Å². The van der Waals surface area contributed by atoms with Crippen molar-refractivity contribution in [3.05, 3.63) is 11.1 Å².